The molecule has 0 aliphatic heterocycles. The predicted molar refractivity (Wildman–Crippen MR) is 59.1 cm³/mol. The molecule has 0 aromatic carbocycles. The lowest BCUT2D eigenvalue weighted by Crippen LogP contribution is -1.69. The Bertz CT molecular complexity index is 116. The van der Waals surface area contributed by atoms with Gasteiger partial charge >= 0.3 is 0 Å². The number of carbonyl (C=O) groups is 3. The summed E-state index contributed by atoms with van der Waals surface area (Å²) in [6, 6.07) is 0. The Labute approximate surface area is 86.4 Å². The number of carbonyl (C=O) groups excluding carboxylic acids is 3. The standard InChI is InChI=1S/3C3H6O.2H3N/c3*1-3(2)4;;/h3*1-2H3;2*1H3. The van der Waals surface area contributed by atoms with E-state index in [1.165, 1.54) is 41.5 Å². The monoisotopic (exact) mass is 208 g/mol. The Morgan fingerprint density at radius 3 is 0.500 bits per heavy atom. The largest absolute Gasteiger partial charge is 0.344 e. The fourth-order valence-corrected chi connectivity index (χ4v) is 0. The van der Waals surface area contributed by atoms with E-state index in [9.17, 15) is 14.4 Å². The second-order valence-corrected chi connectivity index (χ2v) is 2.72. The van der Waals surface area contributed by atoms with Crippen molar-refractivity contribution in [1.82, 2.24) is 12.3 Å². The van der Waals surface area contributed by atoms with Crippen LogP contribution in [0.3, 0.4) is 0 Å². The van der Waals surface area contributed by atoms with E-state index in [4.69, 9.17) is 0 Å². The normalized spacial score (nSPS) is 5.57. The zero-order valence-electron chi connectivity index (χ0n) is 10.1. The van der Waals surface area contributed by atoms with Crippen molar-refractivity contribution in [3.8, 4) is 0 Å². The Balaban J connectivity index is -0.0000000270. The minimum Gasteiger partial charge on any atom is -0.344 e. The Morgan fingerprint density at radius 1 is 0.500 bits per heavy atom. The van der Waals surface area contributed by atoms with Crippen LogP contribution in [0.15, 0.2) is 0 Å². The van der Waals surface area contributed by atoms with Gasteiger partial charge in [0.2, 0.25) is 0 Å². The molecule has 0 aliphatic carbocycles. The summed E-state index contributed by atoms with van der Waals surface area (Å²) in [6.07, 6.45) is 0. The SMILES string of the molecule is CC(C)=O.CC(C)=O.CC(C)=O.N.N. The first-order valence-electron chi connectivity index (χ1n) is 3.61. The first-order chi connectivity index (χ1) is 5.20. The van der Waals surface area contributed by atoms with Crippen molar-refractivity contribution in [2.75, 3.05) is 0 Å². The average molecular weight is 208 g/mol. The molecule has 0 aromatic heterocycles. The van der Waals surface area contributed by atoms with E-state index in [2.05, 4.69) is 0 Å². The van der Waals surface area contributed by atoms with E-state index in [1.54, 1.807) is 0 Å². The molecule has 0 aliphatic rings. The highest BCUT2D eigenvalue weighted by molar-refractivity contribution is 5.72. The van der Waals surface area contributed by atoms with Crippen LogP contribution < -0.4 is 12.3 Å². The van der Waals surface area contributed by atoms with Crippen LogP contribution in [0.5, 0.6) is 0 Å². The number of Topliss-reactive ketones (excluding diaryl/α,β-unsaturated/α-hetero) is 3. The second-order valence-electron chi connectivity index (χ2n) is 2.72. The molecule has 0 saturated heterocycles. The van der Waals surface area contributed by atoms with Crippen molar-refractivity contribution >= 4 is 17.3 Å². The van der Waals surface area contributed by atoms with Crippen LogP contribution >= 0.6 is 0 Å². The van der Waals surface area contributed by atoms with Gasteiger partial charge in [0.15, 0.2) is 0 Å². The molecule has 88 valence electrons. The highest BCUT2D eigenvalue weighted by atomic mass is 16.1. The summed E-state index contributed by atoms with van der Waals surface area (Å²) in [4.78, 5) is 28.3. The van der Waals surface area contributed by atoms with Gasteiger partial charge in [-0.25, -0.2) is 0 Å². The summed E-state index contributed by atoms with van der Waals surface area (Å²) in [5.41, 5.74) is 0. The van der Waals surface area contributed by atoms with Gasteiger partial charge in [0, 0.05) is 0 Å². The van der Waals surface area contributed by atoms with Crippen LogP contribution in [0.25, 0.3) is 0 Å². The summed E-state index contributed by atoms with van der Waals surface area (Å²) >= 11 is 0. The minimum atomic E-state index is 0. The van der Waals surface area contributed by atoms with Gasteiger partial charge < -0.3 is 26.7 Å². The summed E-state index contributed by atoms with van der Waals surface area (Å²) in [5.74, 6) is 0.500. The Kier molecular flexibility index (Phi) is 47.4. The zero-order chi connectivity index (χ0) is 10.7. The van der Waals surface area contributed by atoms with E-state index in [0.29, 0.717) is 0 Å². The first kappa shape index (κ1) is 29.3. The van der Waals surface area contributed by atoms with Crippen molar-refractivity contribution in [3.05, 3.63) is 0 Å². The summed E-state index contributed by atoms with van der Waals surface area (Å²) in [6.45, 7) is 9.17. The first-order valence-corrected chi connectivity index (χ1v) is 3.61. The number of rotatable bonds is 0. The van der Waals surface area contributed by atoms with Gasteiger partial charge in [0.25, 0.3) is 0 Å². The lowest BCUT2D eigenvalue weighted by Gasteiger charge is -1.56. The molecule has 0 heterocycles. The van der Waals surface area contributed by atoms with Crippen molar-refractivity contribution < 1.29 is 14.4 Å². The third-order valence-electron chi connectivity index (χ3n) is 0. The van der Waals surface area contributed by atoms with Gasteiger partial charge in [-0.2, -0.15) is 0 Å². The molecule has 5 nitrogen and oxygen atoms in total. The molecule has 0 bridgehead atoms. The van der Waals surface area contributed by atoms with Crippen molar-refractivity contribution in [2.24, 2.45) is 0 Å². The molecule has 0 rings (SSSR count). The molecule has 0 radical (unpaired) electrons. The van der Waals surface area contributed by atoms with Gasteiger partial charge in [-0.3, -0.25) is 0 Å². The predicted octanol–water partition coefficient (Wildman–Crippen LogP) is 2.11. The van der Waals surface area contributed by atoms with Gasteiger partial charge in [-0.1, -0.05) is 0 Å². The lowest BCUT2D eigenvalue weighted by molar-refractivity contribution is -0.115. The molecule has 0 amide bonds. The Hall–Kier alpha value is -1.07. The summed E-state index contributed by atoms with van der Waals surface area (Å²) in [7, 11) is 0. The molecular formula is C9H24N2O3. The van der Waals surface area contributed by atoms with Crippen molar-refractivity contribution in [3.63, 3.8) is 0 Å². The molecule has 0 fully saturated rings. The fraction of sp³-hybridized carbons (Fsp3) is 0.667. The Morgan fingerprint density at radius 2 is 0.500 bits per heavy atom. The van der Waals surface area contributed by atoms with E-state index >= 15 is 0 Å². The molecule has 5 heteroatoms. The zero-order valence-corrected chi connectivity index (χ0v) is 10.1. The van der Waals surface area contributed by atoms with Gasteiger partial charge in [0.1, 0.15) is 17.3 Å². The maximum absolute atomic E-state index is 9.44. The molecular weight excluding hydrogens is 184 g/mol. The maximum Gasteiger partial charge on any atom is 0.126 e. The van der Waals surface area contributed by atoms with Crippen molar-refractivity contribution in [2.45, 2.75) is 41.5 Å². The van der Waals surface area contributed by atoms with E-state index in [-0.39, 0.29) is 29.7 Å². The van der Waals surface area contributed by atoms with Gasteiger partial charge in [-0.15, -0.1) is 0 Å². The fourth-order valence-electron chi connectivity index (χ4n) is 0. The highest BCUT2D eigenvalue weighted by Crippen LogP contribution is 1.51. The third kappa shape index (κ3) is 941. The number of ketones is 3. The molecule has 0 unspecified atom stereocenters. The molecule has 0 aromatic rings. The highest BCUT2D eigenvalue weighted by Gasteiger charge is 1.63. The van der Waals surface area contributed by atoms with Gasteiger partial charge in [-0.05, 0) is 41.5 Å². The smallest absolute Gasteiger partial charge is 0.126 e. The van der Waals surface area contributed by atoms with Crippen LogP contribution in [0.1, 0.15) is 41.5 Å². The van der Waals surface area contributed by atoms with Crippen LogP contribution in [0.4, 0.5) is 0 Å². The molecule has 6 N–H and O–H groups in total. The van der Waals surface area contributed by atoms with E-state index < -0.39 is 0 Å². The van der Waals surface area contributed by atoms with Crippen LogP contribution in [0.2, 0.25) is 0 Å². The topological polar surface area (TPSA) is 121 Å². The third-order valence-corrected chi connectivity index (χ3v) is 0. The lowest BCUT2D eigenvalue weighted by atomic mass is 10.6. The van der Waals surface area contributed by atoms with Crippen molar-refractivity contribution in [1.29, 1.82) is 0 Å². The van der Waals surface area contributed by atoms with E-state index in [1.807, 2.05) is 0 Å². The molecule has 0 atom stereocenters. The van der Waals surface area contributed by atoms with Crippen LogP contribution in [-0.4, -0.2) is 17.3 Å². The molecule has 0 saturated carbocycles. The van der Waals surface area contributed by atoms with E-state index in [0.717, 1.165) is 0 Å². The van der Waals surface area contributed by atoms with Crippen LogP contribution in [0, 0.1) is 0 Å². The average Bonchev–Trinajstić information content (AvgIpc) is 1.54. The van der Waals surface area contributed by atoms with Crippen LogP contribution in [-0.2, 0) is 14.4 Å². The molecule has 14 heavy (non-hydrogen) atoms. The molecule has 0 spiro atoms. The number of hydrogen-bond acceptors (Lipinski definition) is 5. The quantitative estimate of drug-likeness (QED) is 0.631. The second kappa shape index (κ2) is 22.7. The van der Waals surface area contributed by atoms with Gasteiger partial charge in [0.05, 0.1) is 0 Å². The number of hydrogen-bond donors (Lipinski definition) is 2. The summed E-state index contributed by atoms with van der Waals surface area (Å²) < 4.78 is 0. The summed E-state index contributed by atoms with van der Waals surface area (Å²) in [5, 5.41) is 0. The minimum absolute atomic E-state index is 0. The maximum atomic E-state index is 9.44.